The standard InChI is InChI=1S/C8H10ClN5O/c9-8-12-3-4(10)7(13-8)14-2-1-5(14)6(11)15/h3,5H,1-2,10H2,(H2,11,15). The summed E-state index contributed by atoms with van der Waals surface area (Å²) in [7, 11) is 0. The molecular formula is C8H10ClN5O. The summed E-state index contributed by atoms with van der Waals surface area (Å²) in [4.78, 5) is 20.5. The van der Waals surface area contributed by atoms with E-state index < -0.39 is 0 Å². The minimum absolute atomic E-state index is 0.106. The number of nitrogen functional groups attached to an aromatic ring is 1. The number of rotatable bonds is 2. The Kier molecular flexibility index (Phi) is 2.36. The molecule has 1 saturated heterocycles. The Morgan fingerprint density at radius 1 is 1.67 bits per heavy atom. The number of primary amides is 1. The van der Waals surface area contributed by atoms with E-state index in [4.69, 9.17) is 23.1 Å². The van der Waals surface area contributed by atoms with E-state index in [1.54, 1.807) is 4.90 Å². The molecule has 0 aromatic carbocycles. The van der Waals surface area contributed by atoms with Crippen LogP contribution >= 0.6 is 11.6 Å². The molecule has 1 aliphatic rings. The number of amides is 1. The van der Waals surface area contributed by atoms with Gasteiger partial charge in [-0.3, -0.25) is 4.79 Å². The van der Waals surface area contributed by atoms with Gasteiger partial charge in [0.05, 0.1) is 11.9 Å². The van der Waals surface area contributed by atoms with Crippen molar-refractivity contribution in [3.05, 3.63) is 11.5 Å². The highest BCUT2D eigenvalue weighted by molar-refractivity contribution is 6.28. The summed E-state index contributed by atoms with van der Waals surface area (Å²) in [6.07, 6.45) is 2.14. The smallest absolute Gasteiger partial charge is 0.240 e. The lowest BCUT2D eigenvalue weighted by atomic mass is 10.0. The van der Waals surface area contributed by atoms with Crippen LogP contribution < -0.4 is 16.4 Å². The van der Waals surface area contributed by atoms with E-state index in [1.807, 2.05) is 0 Å². The van der Waals surface area contributed by atoms with Crippen molar-refractivity contribution in [1.29, 1.82) is 0 Å². The molecule has 2 heterocycles. The van der Waals surface area contributed by atoms with Crippen LogP contribution in [0.1, 0.15) is 6.42 Å². The van der Waals surface area contributed by atoms with Crippen molar-refractivity contribution in [1.82, 2.24) is 9.97 Å². The summed E-state index contributed by atoms with van der Waals surface area (Å²) in [6.45, 7) is 0.700. The van der Waals surface area contributed by atoms with Gasteiger partial charge in [0.2, 0.25) is 11.2 Å². The first kappa shape index (κ1) is 9.97. The third-order valence-electron chi connectivity index (χ3n) is 2.39. The monoisotopic (exact) mass is 227 g/mol. The summed E-state index contributed by atoms with van der Waals surface area (Å²) in [6, 6.07) is -0.335. The number of anilines is 2. The third-order valence-corrected chi connectivity index (χ3v) is 2.57. The molecule has 1 amide bonds. The van der Waals surface area contributed by atoms with Gasteiger partial charge in [0.15, 0.2) is 5.82 Å². The molecular weight excluding hydrogens is 218 g/mol. The first-order valence-corrected chi connectivity index (χ1v) is 4.81. The summed E-state index contributed by atoms with van der Waals surface area (Å²) in [5.41, 5.74) is 11.3. The Balaban J connectivity index is 2.30. The van der Waals surface area contributed by atoms with E-state index in [-0.39, 0.29) is 17.2 Å². The Morgan fingerprint density at radius 3 is 2.93 bits per heavy atom. The van der Waals surface area contributed by atoms with E-state index in [0.29, 0.717) is 18.1 Å². The summed E-state index contributed by atoms with van der Waals surface area (Å²) in [5.74, 6) is 0.0976. The van der Waals surface area contributed by atoms with Gasteiger partial charge in [0.25, 0.3) is 0 Å². The molecule has 0 spiro atoms. The maximum atomic E-state index is 11.0. The lowest BCUT2D eigenvalue weighted by Crippen LogP contribution is -2.55. The van der Waals surface area contributed by atoms with Crippen LogP contribution in [0.2, 0.25) is 5.28 Å². The van der Waals surface area contributed by atoms with Gasteiger partial charge >= 0.3 is 0 Å². The van der Waals surface area contributed by atoms with Crippen LogP contribution in [-0.2, 0) is 4.79 Å². The molecule has 7 heteroatoms. The van der Waals surface area contributed by atoms with Crippen molar-refractivity contribution < 1.29 is 4.79 Å². The van der Waals surface area contributed by atoms with Crippen molar-refractivity contribution in [2.45, 2.75) is 12.5 Å². The fourth-order valence-electron chi connectivity index (χ4n) is 1.53. The largest absolute Gasteiger partial charge is 0.394 e. The van der Waals surface area contributed by atoms with Gasteiger partial charge in [-0.25, -0.2) is 4.98 Å². The number of hydrogen-bond donors (Lipinski definition) is 2. The number of aromatic nitrogens is 2. The molecule has 6 nitrogen and oxygen atoms in total. The fourth-order valence-corrected chi connectivity index (χ4v) is 1.66. The van der Waals surface area contributed by atoms with E-state index in [2.05, 4.69) is 9.97 Å². The molecule has 1 atom stereocenters. The Morgan fingerprint density at radius 2 is 2.40 bits per heavy atom. The van der Waals surface area contributed by atoms with E-state index >= 15 is 0 Å². The molecule has 80 valence electrons. The third kappa shape index (κ3) is 1.68. The van der Waals surface area contributed by atoms with Crippen LogP contribution in [0.4, 0.5) is 11.5 Å². The van der Waals surface area contributed by atoms with Crippen molar-refractivity contribution >= 4 is 29.0 Å². The van der Waals surface area contributed by atoms with Crippen molar-refractivity contribution in [3.8, 4) is 0 Å². The molecule has 1 aromatic rings. The Hall–Kier alpha value is -1.56. The first-order chi connectivity index (χ1) is 7.09. The summed E-state index contributed by atoms with van der Waals surface area (Å²) < 4.78 is 0. The molecule has 1 unspecified atom stereocenters. The highest BCUT2D eigenvalue weighted by Gasteiger charge is 2.34. The Bertz CT molecular complexity index is 410. The maximum Gasteiger partial charge on any atom is 0.240 e. The molecule has 1 aliphatic heterocycles. The zero-order chi connectivity index (χ0) is 11.0. The van der Waals surface area contributed by atoms with Crippen molar-refractivity contribution in [3.63, 3.8) is 0 Å². The fraction of sp³-hybridized carbons (Fsp3) is 0.375. The van der Waals surface area contributed by atoms with Crippen LogP contribution in [0.3, 0.4) is 0 Å². The number of carbonyl (C=O) groups excluding carboxylic acids is 1. The number of hydrogen-bond acceptors (Lipinski definition) is 5. The van der Waals surface area contributed by atoms with Crippen LogP contribution in [0, 0.1) is 0 Å². The molecule has 0 saturated carbocycles. The van der Waals surface area contributed by atoms with Gasteiger partial charge in [0.1, 0.15) is 6.04 Å². The van der Waals surface area contributed by atoms with E-state index in [9.17, 15) is 4.79 Å². The second-order valence-electron chi connectivity index (χ2n) is 3.32. The second kappa shape index (κ2) is 3.54. The lowest BCUT2D eigenvalue weighted by Gasteiger charge is -2.40. The molecule has 0 radical (unpaired) electrons. The average Bonchev–Trinajstić information content (AvgIpc) is 2.08. The molecule has 0 bridgehead atoms. The summed E-state index contributed by atoms with van der Waals surface area (Å²) in [5, 5.41) is 0.106. The van der Waals surface area contributed by atoms with E-state index in [1.165, 1.54) is 6.20 Å². The van der Waals surface area contributed by atoms with Gasteiger partial charge in [-0.05, 0) is 18.0 Å². The van der Waals surface area contributed by atoms with Crippen LogP contribution in [0.5, 0.6) is 0 Å². The number of nitrogens with two attached hydrogens (primary N) is 2. The highest BCUT2D eigenvalue weighted by atomic mass is 35.5. The predicted octanol–water partition coefficient (Wildman–Crippen LogP) is -0.224. The van der Waals surface area contributed by atoms with Gasteiger partial charge in [-0.15, -0.1) is 0 Å². The van der Waals surface area contributed by atoms with Gasteiger partial charge in [-0.1, -0.05) is 0 Å². The van der Waals surface area contributed by atoms with E-state index in [0.717, 1.165) is 6.42 Å². The number of halogens is 1. The lowest BCUT2D eigenvalue weighted by molar-refractivity contribution is -0.120. The minimum atomic E-state index is -0.379. The van der Waals surface area contributed by atoms with Crippen LogP contribution in [-0.4, -0.2) is 28.5 Å². The molecule has 1 aromatic heterocycles. The van der Waals surface area contributed by atoms with Gasteiger partial charge < -0.3 is 16.4 Å². The summed E-state index contributed by atoms with van der Waals surface area (Å²) >= 11 is 5.65. The molecule has 4 N–H and O–H groups in total. The SMILES string of the molecule is NC(=O)C1CCN1c1nc(Cl)ncc1N. The predicted molar refractivity (Wildman–Crippen MR) is 56.4 cm³/mol. The zero-order valence-electron chi connectivity index (χ0n) is 7.85. The Labute approximate surface area is 91.2 Å². The highest BCUT2D eigenvalue weighted by Crippen LogP contribution is 2.29. The van der Waals surface area contributed by atoms with Crippen molar-refractivity contribution in [2.75, 3.05) is 17.2 Å². The topological polar surface area (TPSA) is 98.1 Å². The van der Waals surface area contributed by atoms with Crippen LogP contribution in [0.15, 0.2) is 6.20 Å². The average molecular weight is 228 g/mol. The minimum Gasteiger partial charge on any atom is -0.394 e. The molecule has 1 fully saturated rings. The zero-order valence-corrected chi connectivity index (χ0v) is 8.61. The van der Waals surface area contributed by atoms with Gasteiger partial charge in [-0.2, -0.15) is 4.98 Å². The molecule has 0 aliphatic carbocycles. The normalized spacial score (nSPS) is 19.8. The molecule has 2 rings (SSSR count). The van der Waals surface area contributed by atoms with Crippen molar-refractivity contribution in [2.24, 2.45) is 5.73 Å². The molecule has 15 heavy (non-hydrogen) atoms. The quantitative estimate of drug-likeness (QED) is 0.681. The number of nitrogens with zero attached hydrogens (tertiary/aromatic N) is 3. The number of carbonyl (C=O) groups is 1. The maximum absolute atomic E-state index is 11.0. The van der Waals surface area contributed by atoms with Gasteiger partial charge in [0, 0.05) is 6.54 Å². The van der Waals surface area contributed by atoms with Crippen LogP contribution in [0.25, 0.3) is 0 Å². The second-order valence-corrected chi connectivity index (χ2v) is 3.66. The first-order valence-electron chi connectivity index (χ1n) is 4.43.